The molecule has 1 amide bonds. The van der Waals surface area contributed by atoms with Crippen LogP contribution in [0.5, 0.6) is 0 Å². The van der Waals surface area contributed by atoms with Crippen molar-refractivity contribution in [1.29, 1.82) is 0 Å². The number of carbonyl (C=O) groups excluding carboxylic acids is 1. The Morgan fingerprint density at radius 2 is 1.68 bits per heavy atom. The summed E-state index contributed by atoms with van der Waals surface area (Å²) in [4.78, 5) is 21.3. The summed E-state index contributed by atoms with van der Waals surface area (Å²) in [6.07, 6.45) is 3.10. The molecule has 0 radical (unpaired) electrons. The molecule has 0 aliphatic carbocycles. The van der Waals surface area contributed by atoms with E-state index in [1.54, 1.807) is 6.20 Å². The number of nitrogens with zero attached hydrogens (tertiary/aromatic N) is 2. The second kappa shape index (κ2) is 8.65. The molecule has 0 aliphatic rings. The normalized spacial score (nSPS) is 11.9. The van der Waals surface area contributed by atoms with E-state index in [1.807, 2.05) is 43.3 Å². The molecule has 2 N–H and O–H groups in total. The number of amides is 1. The number of aryl methyl sites for hydroxylation is 1. The van der Waals surface area contributed by atoms with E-state index in [2.05, 4.69) is 53.5 Å². The maximum absolute atomic E-state index is 12.7. The predicted molar refractivity (Wildman–Crippen MR) is 114 cm³/mol. The molecular weight excluding hydrogens is 348 g/mol. The molecule has 144 valence electrons. The van der Waals surface area contributed by atoms with Crippen molar-refractivity contribution in [2.75, 3.05) is 10.6 Å². The Morgan fingerprint density at radius 3 is 2.32 bits per heavy atom. The zero-order valence-corrected chi connectivity index (χ0v) is 16.7. The molecule has 0 spiro atoms. The van der Waals surface area contributed by atoms with Crippen LogP contribution in [0.1, 0.15) is 59.9 Å². The Labute approximate surface area is 166 Å². The fourth-order valence-electron chi connectivity index (χ4n) is 3.09. The molecule has 3 aromatic rings. The van der Waals surface area contributed by atoms with Crippen LogP contribution in [0.2, 0.25) is 0 Å². The summed E-state index contributed by atoms with van der Waals surface area (Å²) in [7, 11) is 0. The van der Waals surface area contributed by atoms with E-state index in [0.717, 1.165) is 22.4 Å². The Balaban J connectivity index is 1.71. The van der Waals surface area contributed by atoms with E-state index >= 15 is 0 Å². The van der Waals surface area contributed by atoms with Gasteiger partial charge >= 0.3 is 0 Å². The first-order valence-electron chi connectivity index (χ1n) is 9.50. The van der Waals surface area contributed by atoms with E-state index < -0.39 is 0 Å². The van der Waals surface area contributed by atoms with Crippen molar-refractivity contribution in [3.8, 4) is 0 Å². The number of benzene rings is 2. The topological polar surface area (TPSA) is 66.9 Å². The van der Waals surface area contributed by atoms with Gasteiger partial charge in [-0.2, -0.15) is 0 Å². The monoisotopic (exact) mass is 374 g/mol. The molecule has 0 bridgehead atoms. The number of aromatic nitrogens is 2. The molecule has 1 unspecified atom stereocenters. The van der Waals surface area contributed by atoms with Crippen LogP contribution in [0.3, 0.4) is 0 Å². The maximum Gasteiger partial charge on any atom is 0.275 e. The van der Waals surface area contributed by atoms with E-state index in [-0.39, 0.29) is 17.6 Å². The molecule has 0 fully saturated rings. The molecular formula is C23H26N4O. The van der Waals surface area contributed by atoms with Gasteiger partial charge in [0.15, 0.2) is 0 Å². The molecule has 3 rings (SSSR count). The number of hydrogen-bond donors (Lipinski definition) is 2. The Morgan fingerprint density at radius 1 is 0.929 bits per heavy atom. The molecule has 28 heavy (non-hydrogen) atoms. The van der Waals surface area contributed by atoms with E-state index in [4.69, 9.17) is 0 Å². The van der Waals surface area contributed by atoms with Crippen molar-refractivity contribution in [3.05, 3.63) is 83.3 Å². The highest BCUT2D eigenvalue weighted by Crippen LogP contribution is 2.27. The fraction of sp³-hybridized carbons (Fsp3) is 0.261. The van der Waals surface area contributed by atoms with Gasteiger partial charge in [0, 0.05) is 11.7 Å². The van der Waals surface area contributed by atoms with Gasteiger partial charge in [-0.3, -0.25) is 4.79 Å². The van der Waals surface area contributed by atoms with Gasteiger partial charge in [-0.25, -0.2) is 9.97 Å². The molecule has 0 saturated heterocycles. The number of anilines is 2. The summed E-state index contributed by atoms with van der Waals surface area (Å²) in [6, 6.07) is 16.2. The molecule has 5 heteroatoms. The fourth-order valence-corrected chi connectivity index (χ4v) is 3.09. The summed E-state index contributed by atoms with van der Waals surface area (Å²) in [6.45, 7) is 8.27. The summed E-state index contributed by atoms with van der Waals surface area (Å²) < 4.78 is 0. The third kappa shape index (κ3) is 4.55. The third-order valence-corrected chi connectivity index (χ3v) is 4.71. The molecule has 0 saturated carbocycles. The van der Waals surface area contributed by atoms with Crippen LogP contribution < -0.4 is 10.6 Å². The Kier molecular flexibility index (Phi) is 6.04. The maximum atomic E-state index is 12.7. The molecule has 1 heterocycles. The van der Waals surface area contributed by atoms with Crippen molar-refractivity contribution < 1.29 is 4.79 Å². The van der Waals surface area contributed by atoms with Crippen LogP contribution in [0.4, 0.5) is 11.5 Å². The zero-order chi connectivity index (χ0) is 20.1. The highest BCUT2D eigenvalue weighted by molar-refractivity contribution is 6.03. The standard InChI is InChI=1S/C23H26N4O/c1-15(2)19-12-8-9-16(3)22(19)27-23(28)20-13-25-21(14-24-20)26-17(4)18-10-6-5-7-11-18/h5-15,17H,1-4H3,(H,25,26)(H,27,28). The van der Waals surface area contributed by atoms with E-state index in [9.17, 15) is 4.79 Å². The summed E-state index contributed by atoms with van der Waals surface area (Å²) >= 11 is 0. The molecule has 1 aromatic heterocycles. The second-order valence-corrected chi connectivity index (χ2v) is 7.21. The van der Waals surface area contributed by atoms with Gasteiger partial charge < -0.3 is 10.6 Å². The van der Waals surface area contributed by atoms with Gasteiger partial charge in [0.05, 0.1) is 12.4 Å². The average molecular weight is 374 g/mol. The minimum absolute atomic E-state index is 0.0933. The third-order valence-electron chi connectivity index (χ3n) is 4.71. The Bertz CT molecular complexity index is 937. The lowest BCUT2D eigenvalue weighted by Crippen LogP contribution is -2.17. The van der Waals surface area contributed by atoms with Crippen molar-refractivity contribution in [2.24, 2.45) is 0 Å². The first kappa shape index (κ1) is 19.5. The highest BCUT2D eigenvalue weighted by atomic mass is 16.1. The van der Waals surface area contributed by atoms with Crippen molar-refractivity contribution in [3.63, 3.8) is 0 Å². The number of carbonyl (C=O) groups is 1. The smallest absolute Gasteiger partial charge is 0.275 e. The minimum Gasteiger partial charge on any atom is -0.362 e. The molecule has 5 nitrogen and oxygen atoms in total. The zero-order valence-electron chi connectivity index (χ0n) is 16.7. The molecule has 1 atom stereocenters. The van der Waals surface area contributed by atoms with Crippen molar-refractivity contribution >= 4 is 17.4 Å². The molecule has 2 aromatic carbocycles. The lowest BCUT2D eigenvalue weighted by molar-refractivity contribution is 0.102. The van der Waals surface area contributed by atoms with Gasteiger partial charge in [-0.15, -0.1) is 0 Å². The van der Waals surface area contributed by atoms with Gasteiger partial charge in [0.1, 0.15) is 11.5 Å². The molecule has 0 aliphatic heterocycles. The van der Waals surface area contributed by atoms with Gasteiger partial charge in [-0.05, 0) is 36.5 Å². The quantitative estimate of drug-likeness (QED) is 0.612. The van der Waals surface area contributed by atoms with Crippen LogP contribution >= 0.6 is 0 Å². The van der Waals surface area contributed by atoms with E-state index in [0.29, 0.717) is 11.7 Å². The largest absolute Gasteiger partial charge is 0.362 e. The van der Waals surface area contributed by atoms with Crippen LogP contribution in [0.25, 0.3) is 0 Å². The number of rotatable bonds is 6. The average Bonchev–Trinajstić information content (AvgIpc) is 2.70. The Hall–Kier alpha value is -3.21. The van der Waals surface area contributed by atoms with Crippen LogP contribution in [0, 0.1) is 6.92 Å². The second-order valence-electron chi connectivity index (χ2n) is 7.21. The minimum atomic E-state index is -0.258. The number of hydrogen-bond acceptors (Lipinski definition) is 4. The summed E-state index contributed by atoms with van der Waals surface area (Å²) in [5.41, 5.74) is 4.44. The number of nitrogens with one attached hydrogen (secondary N) is 2. The number of para-hydroxylation sites is 1. The summed E-state index contributed by atoms with van der Waals surface area (Å²) in [5.74, 6) is 0.686. The first-order chi connectivity index (χ1) is 13.5. The van der Waals surface area contributed by atoms with Crippen molar-refractivity contribution in [1.82, 2.24) is 9.97 Å². The van der Waals surface area contributed by atoms with Gasteiger partial charge in [-0.1, -0.05) is 62.4 Å². The SMILES string of the molecule is Cc1cccc(C(C)C)c1NC(=O)c1cnc(NC(C)c2ccccc2)cn1. The lowest BCUT2D eigenvalue weighted by Gasteiger charge is -2.16. The first-order valence-corrected chi connectivity index (χ1v) is 9.50. The summed E-state index contributed by atoms with van der Waals surface area (Å²) in [5, 5.41) is 6.30. The highest BCUT2D eigenvalue weighted by Gasteiger charge is 2.15. The van der Waals surface area contributed by atoms with Crippen molar-refractivity contribution in [2.45, 2.75) is 39.7 Å². The predicted octanol–water partition coefficient (Wildman–Crippen LogP) is 5.33. The van der Waals surface area contributed by atoms with Gasteiger partial charge in [0.25, 0.3) is 5.91 Å². The lowest BCUT2D eigenvalue weighted by atomic mass is 9.98. The van der Waals surface area contributed by atoms with Crippen LogP contribution in [-0.4, -0.2) is 15.9 Å². The van der Waals surface area contributed by atoms with Gasteiger partial charge in [0.2, 0.25) is 0 Å². The van der Waals surface area contributed by atoms with E-state index in [1.165, 1.54) is 6.20 Å². The van der Waals surface area contributed by atoms with Crippen LogP contribution in [0.15, 0.2) is 60.9 Å². The van der Waals surface area contributed by atoms with Crippen LogP contribution in [-0.2, 0) is 0 Å².